The molecule has 86 valence electrons. The Morgan fingerprint density at radius 2 is 2.20 bits per heavy atom. The van der Waals surface area contributed by atoms with Crippen molar-refractivity contribution in [3.8, 4) is 6.07 Å². The lowest BCUT2D eigenvalue weighted by Crippen LogP contribution is -2.47. The molecule has 1 aliphatic rings. The summed E-state index contributed by atoms with van der Waals surface area (Å²) in [6.07, 6.45) is 1.79. The van der Waals surface area contributed by atoms with Crippen LogP contribution in [0.25, 0.3) is 0 Å². The second-order valence-corrected chi connectivity index (χ2v) is 5.93. The summed E-state index contributed by atoms with van der Waals surface area (Å²) < 4.78 is 24.9. The summed E-state index contributed by atoms with van der Waals surface area (Å²) in [7, 11) is -3.41. The van der Waals surface area contributed by atoms with Crippen LogP contribution in [0.4, 0.5) is 0 Å². The van der Waals surface area contributed by atoms with Crippen LogP contribution in [0.2, 0.25) is 0 Å². The Hall–Kier alpha value is -0.640. The van der Waals surface area contributed by atoms with Crippen molar-refractivity contribution in [2.75, 3.05) is 18.8 Å². The molecule has 0 aromatic rings. The minimum atomic E-state index is -3.41. The van der Waals surface area contributed by atoms with Gasteiger partial charge in [-0.3, -0.25) is 0 Å². The zero-order valence-corrected chi connectivity index (χ0v) is 9.70. The van der Waals surface area contributed by atoms with Gasteiger partial charge in [-0.15, -0.1) is 0 Å². The zero-order valence-electron chi connectivity index (χ0n) is 8.89. The van der Waals surface area contributed by atoms with Gasteiger partial charge in [0, 0.05) is 12.6 Å². The van der Waals surface area contributed by atoms with Crippen molar-refractivity contribution in [2.45, 2.75) is 25.8 Å². The van der Waals surface area contributed by atoms with Gasteiger partial charge >= 0.3 is 0 Å². The normalized spacial score (nSPS) is 28.6. The van der Waals surface area contributed by atoms with E-state index in [9.17, 15) is 8.42 Å². The zero-order chi connectivity index (χ0) is 11.5. The molecule has 2 atom stereocenters. The predicted molar refractivity (Wildman–Crippen MR) is 57.3 cm³/mol. The first-order valence-corrected chi connectivity index (χ1v) is 6.68. The average molecular weight is 231 g/mol. The highest BCUT2D eigenvalue weighted by Gasteiger charge is 2.32. The molecule has 0 amide bonds. The van der Waals surface area contributed by atoms with Gasteiger partial charge in [0.15, 0.2) is 5.75 Å². The monoisotopic (exact) mass is 231 g/mol. The van der Waals surface area contributed by atoms with Gasteiger partial charge in [-0.1, -0.05) is 0 Å². The molecule has 0 spiro atoms. The average Bonchev–Trinajstić information content (AvgIpc) is 2.18. The van der Waals surface area contributed by atoms with E-state index < -0.39 is 15.8 Å². The van der Waals surface area contributed by atoms with E-state index in [1.54, 1.807) is 6.07 Å². The van der Waals surface area contributed by atoms with Gasteiger partial charge in [-0.05, 0) is 32.2 Å². The molecule has 1 heterocycles. The highest BCUT2D eigenvalue weighted by molar-refractivity contribution is 7.89. The maximum absolute atomic E-state index is 11.7. The number of piperidine rings is 1. The minimum absolute atomic E-state index is 0.00819. The molecule has 15 heavy (non-hydrogen) atoms. The summed E-state index contributed by atoms with van der Waals surface area (Å²) in [4.78, 5) is 0. The molecule has 0 bridgehead atoms. The van der Waals surface area contributed by atoms with Gasteiger partial charge in [0.1, 0.15) is 0 Å². The quantitative estimate of drug-likeness (QED) is 0.734. The lowest BCUT2D eigenvalue weighted by molar-refractivity contribution is 0.212. The van der Waals surface area contributed by atoms with Gasteiger partial charge in [-0.2, -0.15) is 9.57 Å². The van der Waals surface area contributed by atoms with Gasteiger partial charge < -0.3 is 5.73 Å². The first-order valence-electron chi connectivity index (χ1n) is 5.07. The number of sulfonamides is 1. The van der Waals surface area contributed by atoms with Crippen LogP contribution in [0, 0.1) is 17.2 Å². The van der Waals surface area contributed by atoms with Crippen LogP contribution in [-0.4, -0.2) is 37.6 Å². The third kappa shape index (κ3) is 2.91. The summed E-state index contributed by atoms with van der Waals surface area (Å²) in [5.74, 6) is -0.205. The fourth-order valence-corrected chi connectivity index (χ4v) is 3.31. The Labute approximate surface area is 90.9 Å². The fourth-order valence-electron chi connectivity index (χ4n) is 1.89. The number of nitrogens with two attached hydrogens (primary N) is 1. The van der Waals surface area contributed by atoms with E-state index in [-0.39, 0.29) is 12.0 Å². The first-order chi connectivity index (χ1) is 7.01. The Morgan fingerprint density at radius 1 is 1.53 bits per heavy atom. The molecule has 5 nitrogen and oxygen atoms in total. The van der Waals surface area contributed by atoms with Crippen LogP contribution in [0.5, 0.6) is 0 Å². The molecule has 0 aliphatic carbocycles. The van der Waals surface area contributed by atoms with Gasteiger partial charge in [-0.25, -0.2) is 8.42 Å². The Balaban J connectivity index is 2.79. The molecule has 6 heteroatoms. The van der Waals surface area contributed by atoms with E-state index >= 15 is 0 Å². The molecule has 1 rings (SSSR count). The van der Waals surface area contributed by atoms with Crippen LogP contribution in [0.3, 0.4) is 0 Å². The van der Waals surface area contributed by atoms with Crippen LogP contribution in [-0.2, 0) is 10.0 Å². The molecular weight excluding hydrogens is 214 g/mol. The van der Waals surface area contributed by atoms with Gasteiger partial charge in [0.25, 0.3) is 0 Å². The van der Waals surface area contributed by atoms with E-state index in [2.05, 4.69) is 0 Å². The molecule has 2 N–H and O–H groups in total. The maximum atomic E-state index is 11.7. The molecule has 0 aromatic carbocycles. The van der Waals surface area contributed by atoms with E-state index in [0.717, 1.165) is 12.8 Å². The largest absolute Gasteiger partial charge is 0.330 e. The van der Waals surface area contributed by atoms with Crippen molar-refractivity contribution in [3.05, 3.63) is 0 Å². The summed E-state index contributed by atoms with van der Waals surface area (Å²) in [6.45, 7) is 2.84. The van der Waals surface area contributed by atoms with E-state index in [1.165, 1.54) is 4.31 Å². The Morgan fingerprint density at radius 3 is 2.73 bits per heavy atom. The van der Waals surface area contributed by atoms with Crippen molar-refractivity contribution >= 4 is 10.0 Å². The second kappa shape index (κ2) is 4.92. The number of hydrogen-bond donors (Lipinski definition) is 1. The van der Waals surface area contributed by atoms with Crippen molar-refractivity contribution in [1.82, 2.24) is 4.31 Å². The molecular formula is C9H17N3O2S. The van der Waals surface area contributed by atoms with Crippen molar-refractivity contribution in [3.63, 3.8) is 0 Å². The topological polar surface area (TPSA) is 87.2 Å². The lowest BCUT2D eigenvalue weighted by Gasteiger charge is -2.35. The molecule has 0 aromatic heterocycles. The first kappa shape index (κ1) is 12.4. The van der Waals surface area contributed by atoms with Gasteiger partial charge in [0.2, 0.25) is 10.0 Å². The summed E-state index contributed by atoms with van der Waals surface area (Å²) in [6, 6.07) is 1.69. The van der Waals surface area contributed by atoms with E-state index in [1.807, 2.05) is 6.92 Å². The predicted octanol–water partition coefficient (Wildman–Crippen LogP) is -0.101. The number of hydrogen-bond acceptors (Lipinski definition) is 4. The van der Waals surface area contributed by atoms with Crippen LogP contribution in [0.1, 0.15) is 19.8 Å². The fraction of sp³-hybridized carbons (Fsp3) is 0.889. The van der Waals surface area contributed by atoms with E-state index in [0.29, 0.717) is 13.1 Å². The number of nitrogens with zero attached hydrogens (tertiary/aromatic N) is 2. The minimum Gasteiger partial charge on any atom is -0.330 e. The molecule has 2 unspecified atom stereocenters. The summed E-state index contributed by atoms with van der Waals surface area (Å²) >= 11 is 0. The second-order valence-electron chi connectivity index (χ2n) is 4.01. The van der Waals surface area contributed by atoms with Gasteiger partial charge in [0.05, 0.1) is 6.07 Å². The molecule has 0 radical (unpaired) electrons. The lowest BCUT2D eigenvalue weighted by atomic mass is 9.96. The highest BCUT2D eigenvalue weighted by Crippen LogP contribution is 2.23. The van der Waals surface area contributed by atoms with Crippen LogP contribution < -0.4 is 5.73 Å². The number of rotatable bonds is 3. The standard InChI is InChI=1S/C9H17N3O2S/c1-8-2-3-9(6-11)7-12(8)15(13,14)5-4-10/h8-9H,2-3,5-7,11H2,1H3. The third-order valence-electron chi connectivity index (χ3n) is 2.86. The molecule has 1 saturated heterocycles. The highest BCUT2D eigenvalue weighted by atomic mass is 32.2. The van der Waals surface area contributed by atoms with E-state index in [4.69, 9.17) is 11.0 Å². The van der Waals surface area contributed by atoms with Crippen molar-refractivity contribution < 1.29 is 8.42 Å². The Kier molecular flexibility index (Phi) is 4.08. The smallest absolute Gasteiger partial charge is 0.227 e. The summed E-state index contributed by atoms with van der Waals surface area (Å²) in [5, 5.41) is 8.46. The maximum Gasteiger partial charge on any atom is 0.227 e. The van der Waals surface area contributed by atoms with Crippen LogP contribution in [0.15, 0.2) is 0 Å². The van der Waals surface area contributed by atoms with Crippen molar-refractivity contribution in [1.29, 1.82) is 5.26 Å². The molecule has 0 saturated carbocycles. The third-order valence-corrected chi connectivity index (χ3v) is 4.58. The van der Waals surface area contributed by atoms with Crippen molar-refractivity contribution in [2.24, 2.45) is 11.7 Å². The summed E-state index contributed by atoms with van der Waals surface area (Å²) in [5.41, 5.74) is 5.54. The van der Waals surface area contributed by atoms with Crippen LogP contribution >= 0.6 is 0 Å². The Bertz CT molecular complexity index is 347. The molecule has 1 aliphatic heterocycles. The molecule has 1 fully saturated rings. The number of nitriles is 1. The SMILES string of the molecule is CC1CCC(CN)CN1S(=O)(=O)CC#N.